The molecule has 2 nitrogen and oxygen atoms in total. The quantitative estimate of drug-likeness (QED) is 0.325. The summed E-state index contributed by atoms with van der Waals surface area (Å²) in [5, 5.41) is 13.3. The van der Waals surface area contributed by atoms with Gasteiger partial charge in [-0.3, -0.25) is 0 Å². The molecule has 3 aromatic carbocycles. The monoisotopic (exact) mass is 352 g/mol. The molecule has 0 unspecified atom stereocenters. The van der Waals surface area contributed by atoms with E-state index in [4.69, 9.17) is 0 Å². The van der Waals surface area contributed by atoms with E-state index in [1.165, 1.54) is 10.8 Å². The number of hydrogen-bond acceptors (Lipinski definition) is 2. The molecular weight excluding hydrogens is 332 g/mol. The van der Waals surface area contributed by atoms with Gasteiger partial charge in [0.25, 0.3) is 0 Å². The third-order valence-electron chi connectivity index (χ3n) is 4.31. The van der Waals surface area contributed by atoms with Crippen LogP contribution in [0, 0.1) is 11.5 Å². The van der Waals surface area contributed by atoms with Crippen LogP contribution in [0.4, 0.5) is 0 Å². The summed E-state index contributed by atoms with van der Waals surface area (Å²) in [6, 6.07) is 20.9. The minimum Gasteiger partial charge on any atom is -0.158 e. The molecule has 126 valence electrons. The summed E-state index contributed by atoms with van der Waals surface area (Å²) in [4.78, 5) is 0. The fraction of sp³-hybridized carbons (Fsp3) is 0.130. The number of nitrogens with zero attached hydrogens (tertiary/aromatic N) is 2. The maximum absolute atomic E-state index is 4.53. The van der Waals surface area contributed by atoms with Crippen molar-refractivity contribution in [1.82, 2.24) is 10.2 Å². The van der Waals surface area contributed by atoms with Crippen LogP contribution in [0.15, 0.2) is 66.9 Å². The SMILES string of the molecule is C[Si](C)(C)C#Cc1ccc2ccccc2c1-c1nncc2ccccc12. The molecule has 0 spiro atoms. The van der Waals surface area contributed by atoms with Crippen molar-refractivity contribution >= 4 is 29.6 Å². The molecule has 4 rings (SSSR count). The number of rotatable bonds is 1. The average Bonchev–Trinajstić information content (AvgIpc) is 2.65. The number of aromatic nitrogens is 2. The Labute approximate surface area is 154 Å². The minimum absolute atomic E-state index is 0.903. The van der Waals surface area contributed by atoms with Crippen molar-refractivity contribution in [2.24, 2.45) is 0 Å². The van der Waals surface area contributed by atoms with E-state index in [9.17, 15) is 0 Å². The van der Waals surface area contributed by atoms with Crippen molar-refractivity contribution in [2.45, 2.75) is 19.6 Å². The van der Waals surface area contributed by atoms with Gasteiger partial charge in [-0.05, 0) is 16.8 Å². The fourth-order valence-corrected chi connectivity index (χ4v) is 3.61. The lowest BCUT2D eigenvalue weighted by atomic mass is 9.94. The highest BCUT2D eigenvalue weighted by molar-refractivity contribution is 6.83. The van der Waals surface area contributed by atoms with E-state index in [-0.39, 0.29) is 0 Å². The van der Waals surface area contributed by atoms with Crippen LogP contribution >= 0.6 is 0 Å². The van der Waals surface area contributed by atoms with E-state index in [1.807, 2.05) is 18.3 Å². The zero-order valence-electron chi connectivity index (χ0n) is 15.2. The summed E-state index contributed by atoms with van der Waals surface area (Å²) in [7, 11) is -1.48. The Morgan fingerprint density at radius 2 is 1.46 bits per heavy atom. The van der Waals surface area contributed by atoms with E-state index >= 15 is 0 Å². The third-order valence-corrected chi connectivity index (χ3v) is 5.18. The summed E-state index contributed by atoms with van der Waals surface area (Å²) in [5.74, 6) is 3.45. The lowest BCUT2D eigenvalue weighted by molar-refractivity contribution is 1.06. The second-order valence-electron chi connectivity index (χ2n) is 7.49. The minimum atomic E-state index is -1.48. The van der Waals surface area contributed by atoms with Crippen LogP contribution in [0.2, 0.25) is 19.6 Å². The number of fused-ring (bicyclic) bond motifs is 2. The van der Waals surface area contributed by atoms with Gasteiger partial charge < -0.3 is 0 Å². The van der Waals surface area contributed by atoms with Crippen LogP contribution in [0.25, 0.3) is 32.8 Å². The van der Waals surface area contributed by atoms with Gasteiger partial charge >= 0.3 is 0 Å². The van der Waals surface area contributed by atoms with E-state index in [0.29, 0.717) is 0 Å². The molecule has 0 saturated heterocycles. The number of benzene rings is 3. The smallest absolute Gasteiger partial charge is 0.129 e. The van der Waals surface area contributed by atoms with Crippen molar-refractivity contribution in [3.8, 4) is 22.7 Å². The van der Waals surface area contributed by atoms with Crippen LogP contribution < -0.4 is 0 Å². The normalized spacial score (nSPS) is 11.3. The Morgan fingerprint density at radius 3 is 2.23 bits per heavy atom. The molecule has 0 aliphatic carbocycles. The first kappa shape index (κ1) is 16.5. The molecule has 0 fully saturated rings. The number of hydrogen-bond donors (Lipinski definition) is 0. The van der Waals surface area contributed by atoms with Gasteiger partial charge in [0.15, 0.2) is 0 Å². The van der Waals surface area contributed by atoms with Crippen LogP contribution in [0.5, 0.6) is 0 Å². The molecule has 1 aromatic heterocycles. The first-order valence-corrected chi connectivity index (χ1v) is 12.3. The zero-order chi connectivity index (χ0) is 18.1. The molecule has 0 aliphatic rings. The topological polar surface area (TPSA) is 25.8 Å². The van der Waals surface area contributed by atoms with E-state index < -0.39 is 8.07 Å². The summed E-state index contributed by atoms with van der Waals surface area (Å²) < 4.78 is 0. The van der Waals surface area contributed by atoms with Crippen LogP contribution in [-0.2, 0) is 0 Å². The Morgan fingerprint density at radius 1 is 0.769 bits per heavy atom. The molecule has 26 heavy (non-hydrogen) atoms. The summed E-state index contributed by atoms with van der Waals surface area (Å²) in [6.07, 6.45) is 1.82. The van der Waals surface area contributed by atoms with Gasteiger partial charge in [-0.1, -0.05) is 80.2 Å². The molecule has 0 atom stereocenters. The van der Waals surface area contributed by atoms with Crippen LogP contribution in [0.1, 0.15) is 5.56 Å². The first-order chi connectivity index (χ1) is 12.5. The molecule has 0 bridgehead atoms. The fourth-order valence-electron chi connectivity index (χ4n) is 3.10. The van der Waals surface area contributed by atoms with E-state index in [0.717, 1.165) is 27.6 Å². The second-order valence-corrected chi connectivity index (χ2v) is 12.2. The molecule has 1 heterocycles. The average molecular weight is 353 g/mol. The summed E-state index contributed by atoms with van der Waals surface area (Å²) in [6.45, 7) is 6.79. The molecule has 0 aliphatic heterocycles. The van der Waals surface area contributed by atoms with E-state index in [2.05, 4.69) is 89.8 Å². The lowest BCUT2D eigenvalue weighted by Crippen LogP contribution is -2.16. The highest BCUT2D eigenvalue weighted by Crippen LogP contribution is 2.34. The predicted octanol–water partition coefficient (Wildman–Crippen LogP) is 5.68. The van der Waals surface area contributed by atoms with Crippen molar-refractivity contribution < 1.29 is 0 Å². The van der Waals surface area contributed by atoms with E-state index in [1.54, 1.807) is 0 Å². The first-order valence-electron chi connectivity index (χ1n) is 8.79. The lowest BCUT2D eigenvalue weighted by Gasteiger charge is -2.12. The highest BCUT2D eigenvalue weighted by Gasteiger charge is 2.15. The molecule has 0 amide bonds. The van der Waals surface area contributed by atoms with Gasteiger partial charge in [0.2, 0.25) is 0 Å². The predicted molar refractivity (Wildman–Crippen MR) is 113 cm³/mol. The van der Waals surface area contributed by atoms with Crippen LogP contribution in [-0.4, -0.2) is 18.3 Å². The molecule has 0 radical (unpaired) electrons. The van der Waals surface area contributed by atoms with Gasteiger partial charge in [0.05, 0.1) is 6.20 Å². The Hall–Kier alpha value is -2.96. The molecule has 0 saturated carbocycles. The zero-order valence-corrected chi connectivity index (χ0v) is 16.2. The van der Waals surface area contributed by atoms with Gasteiger partial charge in [0, 0.05) is 21.9 Å². The Bertz CT molecular complexity index is 1170. The molecule has 4 aromatic rings. The Kier molecular flexibility index (Phi) is 4.06. The van der Waals surface area contributed by atoms with Gasteiger partial charge in [-0.15, -0.1) is 10.6 Å². The molecule has 0 N–H and O–H groups in total. The summed E-state index contributed by atoms with van der Waals surface area (Å²) >= 11 is 0. The van der Waals surface area contributed by atoms with Gasteiger partial charge in [-0.25, -0.2) is 0 Å². The molecule has 3 heteroatoms. The van der Waals surface area contributed by atoms with Crippen molar-refractivity contribution in [1.29, 1.82) is 0 Å². The maximum atomic E-state index is 4.53. The summed E-state index contributed by atoms with van der Waals surface area (Å²) in [5.41, 5.74) is 6.51. The van der Waals surface area contributed by atoms with Crippen molar-refractivity contribution in [3.63, 3.8) is 0 Å². The largest absolute Gasteiger partial charge is 0.158 e. The van der Waals surface area contributed by atoms with Crippen LogP contribution in [0.3, 0.4) is 0 Å². The van der Waals surface area contributed by atoms with Gasteiger partial charge in [0.1, 0.15) is 13.8 Å². The maximum Gasteiger partial charge on any atom is 0.129 e. The van der Waals surface area contributed by atoms with Gasteiger partial charge in [-0.2, -0.15) is 5.10 Å². The Balaban J connectivity index is 2.10. The third kappa shape index (κ3) is 3.12. The second kappa shape index (κ2) is 6.40. The van der Waals surface area contributed by atoms with Crippen molar-refractivity contribution in [2.75, 3.05) is 0 Å². The molecular formula is C23H20N2Si. The standard InChI is InChI=1S/C23H20N2Si/c1-26(2,3)15-14-18-13-12-17-8-4-6-10-20(17)22(18)23-21-11-7-5-9-19(21)16-24-25-23/h4-13,16H,1-3H3. The highest BCUT2D eigenvalue weighted by atomic mass is 28.3. The van der Waals surface area contributed by atoms with Crippen molar-refractivity contribution in [3.05, 3.63) is 72.4 Å².